The second kappa shape index (κ2) is 9.01. The van der Waals surface area contributed by atoms with Crippen molar-refractivity contribution in [1.29, 1.82) is 0 Å². The van der Waals surface area contributed by atoms with Crippen LogP contribution < -0.4 is 5.56 Å². The SMILES string of the molecule is O=c1c2ccccc2nc(SCc2ccc(S(=O)(=O)N3CCCC3)o2)n1CC1CCCO1. The lowest BCUT2D eigenvalue weighted by Crippen LogP contribution is -2.28. The first-order valence-corrected chi connectivity index (χ1v) is 13.3. The van der Waals surface area contributed by atoms with E-state index in [-0.39, 0.29) is 16.8 Å². The van der Waals surface area contributed by atoms with Crippen LogP contribution in [-0.4, -0.2) is 48.1 Å². The van der Waals surface area contributed by atoms with E-state index < -0.39 is 10.0 Å². The first kappa shape index (κ1) is 21.7. The summed E-state index contributed by atoms with van der Waals surface area (Å²) in [6.07, 6.45) is 3.65. The van der Waals surface area contributed by atoms with Crippen molar-refractivity contribution in [2.24, 2.45) is 0 Å². The van der Waals surface area contributed by atoms with Gasteiger partial charge in [0.05, 0.1) is 29.3 Å². The number of ether oxygens (including phenoxy) is 1. The number of hydrogen-bond donors (Lipinski definition) is 0. The predicted octanol–water partition coefficient (Wildman–Crippen LogP) is 3.25. The van der Waals surface area contributed by atoms with Crippen molar-refractivity contribution in [3.05, 3.63) is 52.5 Å². The summed E-state index contributed by atoms with van der Waals surface area (Å²) in [4.78, 5) is 17.9. The van der Waals surface area contributed by atoms with Crippen LogP contribution in [0.3, 0.4) is 0 Å². The quantitative estimate of drug-likeness (QED) is 0.382. The Balaban J connectivity index is 1.40. The average Bonchev–Trinajstić information content (AvgIpc) is 3.57. The number of hydrogen-bond acceptors (Lipinski definition) is 7. The maximum atomic E-state index is 13.2. The third kappa shape index (κ3) is 4.24. The van der Waals surface area contributed by atoms with Crippen LogP contribution in [0.4, 0.5) is 0 Å². The molecular formula is C22H25N3O5S2. The normalized spacial score (nSPS) is 19.8. The first-order chi connectivity index (χ1) is 15.5. The number of fused-ring (bicyclic) bond motifs is 1. The molecule has 3 aromatic rings. The van der Waals surface area contributed by atoms with Crippen molar-refractivity contribution >= 4 is 32.7 Å². The van der Waals surface area contributed by atoms with Crippen molar-refractivity contribution in [1.82, 2.24) is 13.9 Å². The van der Waals surface area contributed by atoms with Gasteiger partial charge in [0, 0.05) is 19.7 Å². The highest BCUT2D eigenvalue weighted by atomic mass is 32.2. The highest BCUT2D eigenvalue weighted by molar-refractivity contribution is 7.98. The van der Waals surface area contributed by atoms with Gasteiger partial charge in [0.15, 0.2) is 5.16 Å². The van der Waals surface area contributed by atoms with Crippen molar-refractivity contribution < 1.29 is 17.6 Å². The van der Waals surface area contributed by atoms with Gasteiger partial charge in [-0.25, -0.2) is 13.4 Å². The monoisotopic (exact) mass is 475 g/mol. The zero-order valence-electron chi connectivity index (χ0n) is 17.6. The van der Waals surface area contributed by atoms with Gasteiger partial charge >= 0.3 is 0 Å². The van der Waals surface area contributed by atoms with Crippen LogP contribution in [0.1, 0.15) is 31.4 Å². The molecule has 0 spiro atoms. The molecule has 8 nitrogen and oxygen atoms in total. The molecule has 2 aliphatic heterocycles. The predicted molar refractivity (Wildman–Crippen MR) is 121 cm³/mol. The molecule has 170 valence electrons. The third-order valence-electron chi connectivity index (χ3n) is 5.88. The Kier molecular flexibility index (Phi) is 6.11. The Morgan fingerprint density at radius 1 is 1.09 bits per heavy atom. The molecule has 1 atom stereocenters. The summed E-state index contributed by atoms with van der Waals surface area (Å²) in [6, 6.07) is 10.5. The second-order valence-electron chi connectivity index (χ2n) is 8.08. The average molecular weight is 476 g/mol. The fraction of sp³-hybridized carbons (Fsp3) is 0.455. The maximum Gasteiger partial charge on any atom is 0.276 e. The van der Waals surface area contributed by atoms with Crippen LogP contribution >= 0.6 is 11.8 Å². The molecule has 0 N–H and O–H groups in total. The van der Waals surface area contributed by atoms with Gasteiger partial charge in [-0.2, -0.15) is 4.31 Å². The zero-order valence-corrected chi connectivity index (χ0v) is 19.2. The molecule has 0 amide bonds. The van der Waals surface area contributed by atoms with E-state index in [2.05, 4.69) is 0 Å². The van der Waals surface area contributed by atoms with Gasteiger partial charge in [0.25, 0.3) is 15.6 Å². The van der Waals surface area contributed by atoms with E-state index in [1.54, 1.807) is 16.7 Å². The second-order valence-corrected chi connectivity index (χ2v) is 10.9. The summed E-state index contributed by atoms with van der Waals surface area (Å²) < 4.78 is 40.0. The number of aromatic nitrogens is 2. The third-order valence-corrected chi connectivity index (χ3v) is 8.65. The highest BCUT2D eigenvalue weighted by Gasteiger charge is 2.30. The van der Waals surface area contributed by atoms with E-state index in [1.807, 2.05) is 18.2 Å². The van der Waals surface area contributed by atoms with Crippen LogP contribution in [-0.2, 0) is 27.1 Å². The van der Waals surface area contributed by atoms with Crippen LogP contribution in [0.15, 0.2) is 55.9 Å². The summed E-state index contributed by atoms with van der Waals surface area (Å²) in [7, 11) is -3.59. The number of furan rings is 1. The Morgan fingerprint density at radius 2 is 1.91 bits per heavy atom. The van der Waals surface area contributed by atoms with Crippen molar-refractivity contribution in [2.45, 2.75) is 54.3 Å². The van der Waals surface area contributed by atoms with Gasteiger partial charge in [-0.3, -0.25) is 9.36 Å². The van der Waals surface area contributed by atoms with E-state index in [0.717, 1.165) is 25.7 Å². The lowest BCUT2D eigenvalue weighted by atomic mass is 10.2. The zero-order chi connectivity index (χ0) is 22.1. The number of nitrogens with zero attached hydrogens (tertiary/aromatic N) is 3. The molecule has 0 aliphatic carbocycles. The maximum absolute atomic E-state index is 13.2. The smallest absolute Gasteiger partial charge is 0.276 e. The van der Waals surface area contributed by atoms with Gasteiger partial charge in [-0.15, -0.1) is 0 Å². The summed E-state index contributed by atoms with van der Waals surface area (Å²) in [6.45, 7) is 2.22. The fourth-order valence-electron chi connectivity index (χ4n) is 4.18. The molecule has 32 heavy (non-hydrogen) atoms. The molecule has 2 saturated heterocycles. The highest BCUT2D eigenvalue weighted by Crippen LogP contribution is 2.27. The molecule has 1 unspecified atom stereocenters. The van der Waals surface area contributed by atoms with Crippen LogP contribution in [0.2, 0.25) is 0 Å². The minimum Gasteiger partial charge on any atom is -0.447 e. The standard InChI is InChI=1S/C22H25N3O5S2/c26-21-18-7-1-2-8-19(18)23-22(25(21)14-16-6-5-13-29-16)31-15-17-9-10-20(30-17)32(27,28)24-11-3-4-12-24/h1-2,7-10,16H,3-6,11-15H2. The summed E-state index contributed by atoms with van der Waals surface area (Å²) in [5.41, 5.74) is 0.547. The van der Waals surface area contributed by atoms with E-state index in [1.165, 1.54) is 22.1 Å². The van der Waals surface area contributed by atoms with Crippen LogP contribution in [0.5, 0.6) is 0 Å². The Hall–Kier alpha value is -2.14. The Bertz CT molecular complexity index is 1270. The largest absolute Gasteiger partial charge is 0.447 e. The van der Waals surface area contributed by atoms with Crippen molar-refractivity contribution in [2.75, 3.05) is 19.7 Å². The van der Waals surface area contributed by atoms with Crippen molar-refractivity contribution in [3.63, 3.8) is 0 Å². The molecule has 10 heteroatoms. The van der Waals surface area contributed by atoms with Crippen LogP contribution in [0.25, 0.3) is 10.9 Å². The molecule has 0 radical (unpaired) electrons. The number of sulfonamides is 1. The van der Waals surface area contributed by atoms with Gasteiger partial charge in [-0.1, -0.05) is 23.9 Å². The minimum absolute atomic E-state index is 0.00386. The van der Waals surface area contributed by atoms with Gasteiger partial charge < -0.3 is 9.15 Å². The van der Waals surface area contributed by atoms with E-state index in [0.29, 0.717) is 53.8 Å². The van der Waals surface area contributed by atoms with E-state index in [4.69, 9.17) is 14.1 Å². The topological polar surface area (TPSA) is 94.6 Å². The van der Waals surface area contributed by atoms with Gasteiger partial charge in [-0.05, 0) is 49.9 Å². The lowest BCUT2D eigenvalue weighted by Gasteiger charge is -2.16. The Labute approximate surface area is 190 Å². The molecule has 5 rings (SSSR count). The molecule has 2 fully saturated rings. The summed E-state index contributed by atoms with van der Waals surface area (Å²) in [5.74, 6) is 0.894. The molecule has 2 aromatic heterocycles. The molecule has 1 aromatic carbocycles. The molecule has 2 aliphatic rings. The van der Waals surface area contributed by atoms with E-state index >= 15 is 0 Å². The lowest BCUT2D eigenvalue weighted by molar-refractivity contribution is 0.0937. The fourth-order valence-corrected chi connectivity index (χ4v) is 6.53. The van der Waals surface area contributed by atoms with Crippen LogP contribution in [0, 0.1) is 0 Å². The van der Waals surface area contributed by atoms with E-state index in [9.17, 15) is 13.2 Å². The summed E-state index contributed by atoms with van der Waals surface area (Å²) >= 11 is 1.36. The van der Waals surface area contributed by atoms with Crippen molar-refractivity contribution in [3.8, 4) is 0 Å². The van der Waals surface area contributed by atoms with Gasteiger partial charge in [0.2, 0.25) is 5.09 Å². The van der Waals surface area contributed by atoms with Gasteiger partial charge in [0.1, 0.15) is 5.76 Å². The molecular weight excluding hydrogens is 450 g/mol. The molecule has 4 heterocycles. The number of para-hydroxylation sites is 1. The first-order valence-electron chi connectivity index (χ1n) is 10.9. The number of rotatable bonds is 7. The number of benzene rings is 1. The molecule has 0 bridgehead atoms. The Morgan fingerprint density at radius 3 is 2.69 bits per heavy atom. The summed E-state index contributed by atoms with van der Waals surface area (Å²) in [5, 5.41) is 1.12. The number of thioether (sulfide) groups is 1. The molecule has 0 saturated carbocycles. The minimum atomic E-state index is -3.59.